The first-order chi connectivity index (χ1) is 9.72. The van der Waals surface area contributed by atoms with E-state index in [0.29, 0.717) is 44.1 Å². The average Bonchev–Trinajstić information content (AvgIpc) is 2.50. The molecule has 0 aliphatic carbocycles. The number of amides is 1. The summed E-state index contributed by atoms with van der Waals surface area (Å²) in [5.41, 5.74) is 6.86. The highest BCUT2D eigenvalue weighted by Crippen LogP contribution is 2.07. The Morgan fingerprint density at radius 1 is 1.30 bits per heavy atom. The highest BCUT2D eigenvalue weighted by Gasteiger charge is 2.15. The largest absolute Gasteiger partial charge is 0.385 e. The molecule has 0 saturated carbocycles. The van der Waals surface area contributed by atoms with Gasteiger partial charge in [-0.3, -0.25) is 9.78 Å². The van der Waals surface area contributed by atoms with Gasteiger partial charge in [-0.15, -0.1) is 0 Å². The van der Waals surface area contributed by atoms with Crippen LogP contribution in [0.2, 0.25) is 0 Å². The maximum atomic E-state index is 12.5. The summed E-state index contributed by atoms with van der Waals surface area (Å²) in [6.45, 7) is 2.65. The van der Waals surface area contributed by atoms with E-state index in [2.05, 4.69) is 4.98 Å². The first-order valence-corrected chi connectivity index (χ1v) is 6.65. The van der Waals surface area contributed by atoms with Gasteiger partial charge < -0.3 is 20.1 Å². The minimum Gasteiger partial charge on any atom is -0.385 e. The normalized spacial score (nSPS) is 10.6. The molecule has 0 radical (unpaired) electrons. The van der Waals surface area contributed by atoms with Crippen molar-refractivity contribution in [1.82, 2.24) is 9.88 Å². The molecule has 1 aromatic rings. The minimum atomic E-state index is -0.0322. The smallest absolute Gasteiger partial charge is 0.254 e. The van der Waals surface area contributed by atoms with E-state index in [4.69, 9.17) is 15.2 Å². The number of aromatic nitrogens is 1. The fourth-order valence-electron chi connectivity index (χ4n) is 1.82. The summed E-state index contributed by atoms with van der Waals surface area (Å²) in [5.74, 6) is -0.0322. The molecule has 0 saturated heterocycles. The Hall–Kier alpha value is -1.50. The third-order valence-corrected chi connectivity index (χ3v) is 2.90. The molecule has 6 nitrogen and oxygen atoms in total. The molecule has 0 aliphatic rings. The van der Waals surface area contributed by atoms with Crippen molar-refractivity contribution in [2.45, 2.75) is 13.0 Å². The Bertz CT molecular complexity index is 412. The van der Waals surface area contributed by atoms with Crippen LogP contribution in [0, 0.1) is 0 Å². The Morgan fingerprint density at radius 2 is 2.05 bits per heavy atom. The number of pyridine rings is 1. The predicted octanol–water partition coefficient (Wildman–Crippen LogP) is 0.665. The lowest BCUT2D eigenvalue weighted by Crippen LogP contribution is -2.35. The van der Waals surface area contributed by atoms with Gasteiger partial charge in [0.15, 0.2) is 0 Å². The van der Waals surface area contributed by atoms with Crippen molar-refractivity contribution in [2.24, 2.45) is 5.73 Å². The minimum absolute atomic E-state index is 0.0322. The van der Waals surface area contributed by atoms with Crippen molar-refractivity contribution < 1.29 is 14.3 Å². The topological polar surface area (TPSA) is 77.7 Å². The van der Waals surface area contributed by atoms with E-state index in [1.807, 2.05) is 0 Å². The number of carbonyl (C=O) groups is 1. The predicted molar refractivity (Wildman–Crippen MR) is 76.4 cm³/mol. The fourth-order valence-corrected chi connectivity index (χ4v) is 1.82. The Balaban J connectivity index is 2.73. The van der Waals surface area contributed by atoms with Gasteiger partial charge in [0.2, 0.25) is 0 Å². The molecular formula is C14H23N3O3. The van der Waals surface area contributed by atoms with Crippen molar-refractivity contribution in [3.63, 3.8) is 0 Å². The number of carbonyl (C=O) groups excluding carboxylic acids is 1. The molecule has 1 rings (SSSR count). The van der Waals surface area contributed by atoms with Gasteiger partial charge >= 0.3 is 0 Å². The van der Waals surface area contributed by atoms with Crippen LogP contribution in [0.5, 0.6) is 0 Å². The van der Waals surface area contributed by atoms with E-state index in [1.165, 1.54) is 0 Å². The van der Waals surface area contributed by atoms with Gasteiger partial charge in [0.1, 0.15) is 0 Å². The molecular weight excluding hydrogens is 258 g/mol. The SMILES string of the molecule is COCCCN(CCOC)C(=O)c1ccnc(CN)c1. The Kier molecular flexibility index (Phi) is 7.79. The molecule has 0 atom stereocenters. The quantitative estimate of drug-likeness (QED) is 0.673. The van der Waals surface area contributed by atoms with Gasteiger partial charge in [-0.1, -0.05) is 0 Å². The molecule has 112 valence electrons. The summed E-state index contributed by atoms with van der Waals surface area (Å²) in [6.07, 6.45) is 2.40. The molecule has 20 heavy (non-hydrogen) atoms. The van der Waals surface area contributed by atoms with Crippen LogP contribution in [0.1, 0.15) is 22.5 Å². The lowest BCUT2D eigenvalue weighted by Gasteiger charge is -2.22. The van der Waals surface area contributed by atoms with Crippen LogP contribution in [0.15, 0.2) is 18.3 Å². The first kappa shape index (κ1) is 16.6. The van der Waals surface area contributed by atoms with E-state index in [1.54, 1.807) is 37.4 Å². The lowest BCUT2D eigenvalue weighted by atomic mass is 10.2. The van der Waals surface area contributed by atoms with Gasteiger partial charge in [0.25, 0.3) is 5.91 Å². The second kappa shape index (κ2) is 9.41. The summed E-state index contributed by atoms with van der Waals surface area (Å²) < 4.78 is 10.1. The molecule has 2 N–H and O–H groups in total. The number of ether oxygens (including phenoxy) is 2. The molecule has 6 heteroatoms. The zero-order valence-corrected chi connectivity index (χ0v) is 12.2. The second-order valence-corrected chi connectivity index (χ2v) is 4.37. The van der Waals surface area contributed by atoms with Crippen LogP contribution in [0.3, 0.4) is 0 Å². The number of methoxy groups -OCH3 is 2. The van der Waals surface area contributed by atoms with Gasteiger partial charge in [0, 0.05) is 52.2 Å². The molecule has 1 heterocycles. The Labute approximate surface area is 119 Å². The molecule has 1 amide bonds. The van der Waals surface area contributed by atoms with Gasteiger partial charge in [-0.05, 0) is 18.6 Å². The van der Waals surface area contributed by atoms with Crippen LogP contribution in [0.25, 0.3) is 0 Å². The van der Waals surface area contributed by atoms with Crippen molar-refractivity contribution >= 4 is 5.91 Å². The first-order valence-electron chi connectivity index (χ1n) is 6.65. The maximum absolute atomic E-state index is 12.5. The molecule has 0 unspecified atom stereocenters. The number of nitrogens with two attached hydrogens (primary N) is 1. The number of hydrogen-bond donors (Lipinski definition) is 1. The highest BCUT2D eigenvalue weighted by molar-refractivity contribution is 5.94. The summed E-state index contributed by atoms with van der Waals surface area (Å²) in [4.78, 5) is 18.3. The third kappa shape index (κ3) is 5.24. The summed E-state index contributed by atoms with van der Waals surface area (Å²) >= 11 is 0. The van der Waals surface area contributed by atoms with Crippen molar-refractivity contribution in [3.8, 4) is 0 Å². The van der Waals surface area contributed by atoms with Crippen LogP contribution < -0.4 is 5.73 Å². The standard InChI is InChI=1S/C14H23N3O3/c1-19-8-3-6-17(7-9-20-2)14(18)12-4-5-16-13(10-12)11-15/h4-5,10H,3,6-9,11,15H2,1-2H3. The maximum Gasteiger partial charge on any atom is 0.254 e. The van der Waals surface area contributed by atoms with Crippen LogP contribution in [-0.4, -0.2) is 56.3 Å². The van der Waals surface area contributed by atoms with E-state index < -0.39 is 0 Å². The molecule has 0 bridgehead atoms. The zero-order valence-electron chi connectivity index (χ0n) is 12.2. The van der Waals surface area contributed by atoms with Gasteiger partial charge in [-0.25, -0.2) is 0 Å². The van der Waals surface area contributed by atoms with Crippen molar-refractivity contribution in [1.29, 1.82) is 0 Å². The fraction of sp³-hybridized carbons (Fsp3) is 0.571. The zero-order chi connectivity index (χ0) is 14.8. The van der Waals surface area contributed by atoms with Crippen molar-refractivity contribution in [3.05, 3.63) is 29.6 Å². The summed E-state index contributed by atoms with van der Waals surface area (Å²) in [5, 5.41) is 0. The molecule has 1 aromatic heterocycles. The van der Waals surface area contributed by atoms with Crippen LogP contribution in [0.4, 0.5) is 0 Å². The van der Waals surface area contributed by atoms with Gasteiger partial charge in [0.05, 0.1) is 12.3 Å². The average molecular weight is 281 g/mol. The third-order valence-electron chi connectivity index (χ3n) is 2.90. The highest BCUT2D eigenvalue weighted by atomic mass is 16.5. The lowest BCUT2D eigenvalue weighted by molar-refractivity contribution is 0.0674. The van der Waals surface area contributed by atoms with Gasteiger partial charge in [-0.2, -0.15) is 0 Å². The van der Waals surface area contributed by atoms with E-state index in [-0.39, 0.29) is 5.91 Å². The van der Waals surface area contributed by atoms with E-state index >= 15 is 0 Å². The molecule has 0 spiro atoms. The number of hydrogen-bond acceptors (Lipinski definition) is 5. The number of nitrogens with zero attached hydrogens (tertiary/aromatic N) is 2. The molecule has 0 fully saturated rings. The van der Waals surface area contributed by atoms with Crippen LogP contribution in [-0.2, 0) is 16.0 Å². The molecule has 0 aliphatic heterocycles. The van der Waals surface area contributed by atoms with E-state index in [9.17, 15) is 4.79 Å². The Morgan fingerprint density at radius 3 is 2.70 bits per heavy atom. The second-order valence-electron chi connectivity index (χ2n) is 4.37. The van der Waals surface area contributed by atoms with Crippen molar-refractivity contribution in [2.75, 3.05) is 40.5 Å². The summed E-state index contributed by atoms with van der Waals surface area (Å²) in [6, 6.07) is 3.44. The number of rotatable bonds is 9. The monoisotopic (exact) mass is 281 g/mol. The summed E-state index contributed by atoms with van der Waals surface area (Å²) in [7, 11) is 3.27. The van der Waals surface area contributed by atoms with E-state index in [0.717, 1.165) is 6.42 Å². The molecule has 0 aromatic carbocycles. The van der Waals surface area contributed by atoms with Crippen LogP contribution >= 0.6 is 0 Å².